The predicted molar refractivity (Wildman–Crippen MR) is 166 cm³/mol. The van der Waals surface area contributed by atoms with Crippen LogP contribution in [0.1, 0.15) is 68.9 Å². The number of aryl methyl sites for hydroxylation is 1. The second kappa shape index (κ2) is 14.6. The van der Waals surface area contributed by atoms with Gasteiger partial charge in [-0.25, -0.2) is 4.98 Å². The summed E-state index contributed by atoms with van der Waals surface area (Å²) in [6.45, 7) is 2.48. The van der Waals surface area contributed by atoms with E-state index in [1.54, 1.807) is 17.2 Å². The molecule has 4 rings (SSSR count). The van der Waals surface area contributed by atoms with Crippen molar-refractivity contribution in [1.29, 1.82) is 0 Å². The molecule has 1 saturated heterocycles. The number of fused-ring (bicyclic) bond motifs is 1. The van der Waals surface area contributed by atoms with Crippen molar-refractivity contribution in [2.75, 3.05) is 6.54 Å². The lowest BCUT2D eigenvalue weighted by atomic mass is 10.1. The van der Waals surface area contributed by atoms with Gasteiger partial charge in [0.2, 0.25) is 0 Å². The number of aliphatic carboxylic acids is 1. The summed E-state index contributed by atoms with van der Waals surface area (Å²) in [5, 5.41) is 9.25. The predicted octanol–water partition coefficient (Wildman–Crippen LogP) is 6.95. The van der Waals surface area contributed by atoms with Crippen molar-refractivity contribution in [3.05, 3.63) is 75.0 Å². The largest absolute Gasteiger partial charge is 0.481 e. The monoisotopic (exact) mass is 595 g/mol. The lowest BCUT2D eigenvalue weighted by Gasteiger charge is -2.14. The molecule has 0 radical (unpaired) electrons. The van der Waals surface area contributed by atoms with Crippen LogP contribution in [0.5, 0.6) is 0 Å². The fraction of sp³-hybridized carbons (Fsp3) is 0.367. The second-order valence-corrected chi connectivity index (χ2v) is 12.5. The van der Waals surface area contributed by atoms with Gasteiger partial charge >= 0.3 is 5.97 Å². The molecule has 1 aromatic carbocycles. The zero-order chi connectivity index (χ0) is 28.5. The lowest BCUT2D eigenvalue weighted by Crippen LogP contribution is -2.29. The summed E-state index contributed by atoms with van der Waals surface area (Å²) in [7, 11) is 0. The molecular weight excluding hydrogens is 563 g/mol. The van der Waals surface area contributed by atoms with E-state index in [0.29, 0.717) is 32.0 Å². The van der Waals surface area contributed by atoms with Crippen molar-refractivity contribution in [2.24, 2.45) is 0 Å². The highest BCUT2D eigenvalue weighted by molar-refractivity contribution is 8.26. The summed E-state index contributed by atoms with van der Waals surface area (Å²) in [4.78, 5) is 45.3. The van der Waals surface area contributed by atoms with Gasteiger partial charge in [-0.05, 0) is 49.6 Å². The van der Waals surface area contributed by atoms with E-state index < -0.39 is 5.97 Å². The van der Waals surface area contributed by atoms with Crippen LogP contribution >= 0.6 is 35.7 Å². The molecule has 7 nitrogen and oxygen atoms in total. The van der Waals surface area contributed by atoms with E-state index >= 15 is 0 Å². The maximum absolute atomic E-state index is 13.6. The molecule has 40 heavy (non-hydrogen) atoms. The SMILES string of the molecule is Cc1ccc2nc(Sc3ccccc3)c(C=C3SC(=S)N(CCCCCCCCCCC(=O)O)C3=O)c(=O)n2c1. The number of carbonyl (C=O) groups excluding carboxylic acids is 1. The van der Waals surface area contributed by atoms with Gasteiger partial charge in [0, 0.05) is 24.1 Å². The van der Waals surface area contributed by atoms with E-state index in [4.69, 9.17) is 22.3 Å². The molecule has 1 fully saturated rings. The first-order chi connectivity index (χ1) is 19.3. The average molecular weight is 596 g/mol. The Labute approximate surface area is 248 Å². The minimum absolute atomic E-state index is 0.169. The highest BCUT2D eigenvalue weighted by Gasteiger charge is 2.32. The van der Waals surface area contributed by atoms with Gasteiger partial charge < -0.3 is 5.11 Å². The topological polar surface area (TPSA) is 92.0 Å². The number of pyridine rings is 1. The number of carboxylic acid groups (broad SMARTS) is 1. The van der Waals surface area contributed by atoms with Gasteiger partial charge in [-0.3, -0.25) is 23.7 Å². The van der Waals surface area contributed by atoms with Crippen LogP contribution in [0.15, 0.2) is 68.3 Å². The van der Waals surface area contributed by atoms with Gasteiger partial charge in [0.25, 0.3) is 11.5 Å². The van der Waals surface area contributed by atoms with Crippen LogP contribution < -0.4 is 5.56 Å². The molecule has 2 aromatic heterocycles. The van der Waals surface area contributed by atoms with Gasteiger partial charge in [0.05, 0.1) is 10.5 Å². The molecule has 210 valence electrons. The summed E-state index contributed by atoms with van der Waals surface area (Å²) in [6.07, 6.45) is 11.5. The molecular formula is C30H33N3O4S3. The van der Waals surface area contributed by atoms with E-state index in [9.17, 15) is 14.4 Å². The quantitative estimate of drug-likeness (QED) is 0.0927. The molecule has 10 heteroatoms. The Morgan fingerprint density at radius 1 is 1.00 bits per heavy atom. The average Bonchev–Trinajstić information content (AvgIpc) is 3.20. The maximum atomic E-state index is 13.6. The molecule has 0 bridgehead atoms. The van der Waals surface area contributed by atoms with E-state index in [-0.39, 0.29) is 17.9 Å². The molecule has 1 aliphatic rings. The molecule has 1 aliphatic heterocycles. The second-order valence-electron chi connectivity index (χ2n) is 9.79. The minimum Gasteiger partial charge on any atom is -0.481 e. The zero-order valence-electron chi connectivity index (χ0n) is 22.5. The highest BCUT2D eigenvalue weighted by Crippen LogP contribution is 2.35. The minimum atomic E-state index is -0.728. The molecule has 3 aromatic rings. The third-order valence-corrected chi connectivity index (χ3v) is 8.99. The van der Waals surface area contributed by atoms with Crippen molar-refractivity contribution < 1.29 is 14.7 Å². The maximum Gasteiger partial charge on any atom is 0.303 e. The van der Waals surface area contributed by atoms with Crippen LogP contribution in [-0.2, 0) is 9.59 Å². The van der Waals surface area contributed by atoms with Crippen molar-refractivity contribution in [2.45, 2.75) is 74.6 Å². The molecule has 0 unspecified atom stereocenters. The van der Waals surface area contributed by atoms with Crippen molar-refractivity contribution in [3.63, 3.8) is 0 Å². The van der Waals surface area contributed by atoms with Crippen LogP contribution in [0.2, 0.25) is 0 Å². The number of aromatic nitrogens is 2. The molecule has 0 atom stereocenters. The molecule has 0 spiro atoms. The Morgan fingerprint density at radius 3 is 2.38 bits per heavy atom. The number of rotatable bonds is 14. The zero-order valence-corrected chi connectivity index (χ0v) is 25.0. The van der Waals surface area contributed by atoms with Crippen LogP contribution in [0.4, 0.5) is 0 Å². The van der Waals surface area contributed by atoms with E-state index in [1.165, 1.54) is 27.9 Å². The van der Waals surface area contributed by atoms with Gasteiger partial charge in [0.1, 0.15) is 15.0 Å². The van der Waals surface area contributed by atoms with Crippen LogP contribution in [0.25, 0.3) is 11.7 Å². The van der Waals surface area contributed by atoms with Crippen LogP contribution in [-0.4, -0.2) is 42.1 Å². The Balaban J connectivity index is 1.42. The normalized spacial score (nSPS) is 14.5. The Hall–Kier alpha value is -2.95. The van der Waals surface area contributed by atoms with Gasteiger partial charge in [-0.15, -0.1) is 0 Å². The van der Waals surface area contributed by atoms with Crippen molar-refractivity contribution in [1.82, 2.24) is 14.3 Å². The number of carboxylic acids is 1. The molecule has 1 N–H and O–H groups in total. The number of thiocarbonyl (C=S) groups is 1. The number of hydrogen-bond donors (Lipinski definition) is 1. The third-order valence-electron chi connectivity index (χ3n) is 6.60. The molecule has 3 heterocycles. The standard InChI is InChI=1S/C30H33N3O4S3/c1-21-16-17-25-31-27(39-22-13-9-8-10-14-22)23(28(36)33(25)20-21)19-24-29(37)32(30(38)40-24)18-12-7-5-3-2-4-6-11-15-26(34)35/h8-10,13-14,16-17,19-20H,2-7,11-12,15,18H2,1H3,(H,34,35). The number of unbranched alkanes of at least 4 members (excludes halogenated alkanes) is 7. The van der Waals surface area contributed by atoms with Crippen molar-refractivity contribution in [3.8, 4) is 0 Å². The summed E-state index contributed by atoms with van der Waals surface area (Å²) < 4.78 is 2.04. The summed E-state index contributed by atoms with van der Waals surface area (Å²) >= 11 is 8.17. The number of nitrogens with zero attached hydrogens (tertiary/aromatic N) is 3. The summed E-state index contributed by atoms with van der Waals surface area (Å²) in [5.74, 6) is -0.897. The third kappa shape index (κ3) is 8.05. The number of benzene rings is 1. The first-order valence-electron chi connectivity index (χ1n) is 13.6. The van der Waals surface area contributed by atoms with E-state index in [1.807, 2.05) is 49.4 Å². The van der Waals surface area contributed by atoms with Crippen LogP contribution in [0, 0.1) is 6.92 Å². The first-order valence-corrected chi connectivity index (χ1v) is 15.6. The Kier molecular flexibility index (Phi) is 11.0. The molecule has 0 saturated carbocycles. The summed E-state index contributed by atoms with van der Waals surface area (Å²) in [5.41, 5.74) is 1.65. The van der Waals surface area contributed by atoms with Gasteiger partial charge in [-0.2, -0.15) is 0 Å². The number of carbonyl (C=O) groups is 2. The van der Waals surface area contributed by atoms with Crippen molar-refractivity contribution >= 4 is 63.7 Å². The fourth-order valence-corrected chi connectivity index (χ4v) is 6.67. The van der Waals surface area contributed by atoms with E-state index in [2.05, 4.69) is 0 Å². The fourth-order valence-electron chi connectivity index (χ4n) is 4.47. The van der Waals surface area contributed by atoms with Crippen LogP contribution in [0.3, 0.4) is 0 Å². The Bertz CT molecular complexity index is 1470. The highest BCUT2D eigenvalue weighted by atomic mass is 32.2. The smallest absolute Gasteiger partial charge is 0.303 e. The lowest BCUT2D eigenvalue weighted by molar-refractivity contribution is -0.137. The van der Waals surface area contributed by atoms with Gasteiger partial charge in [0.15, 0.2) is 0 Å². The summed E-state index contributed by atoms with van der Waals surface area (Å²) in [6, 6.07) is 13.5. The first kappa shape index (κ1) is 30.0. The number of amides is 1. The molecule has 1 amide bonds. The Morgan fingerprint density at radius 2 is 1.68 bits per heavy atom. The number of thioether (sulfide) groups is 1. The number of hydrogen-bond acceptors (Lipinski definition) is 7. The van der Waals surface area contributed by atoms with Gasteiger partial charge in [-0.1, -0.05) is 98.5 Å². The molecule has 0 aliphatic carbocycles. The van der Waals surface area contributed by atoms with E-state index in [0.717, 1.165) is 61.8 Å².